The van der Waals surface area contributed by atoms with Crippen LogP contribution in [0.15, 0.2) is 0 Å². The Morgan fingerprint density at radius 1 is 1.89 bits per heavy atom. The van der Waals surface area contributed by atoms with Gasteiger partial charge in [-0.3, -0.25) is 4.79 Å². The van der Waals surface area contributed by atoms with Crippen LogP contribution in [0.5, 0.6) is 0 Å². The summed E-state index contributed by atoms with van der Waals surface area (Å²) in [7, 11) is 0. The molecule has 0 aliphatic heterocycles. The number of rotatable bonds is 3. The highest BCUT2D eigenvalue weighted by atomic mass is 16.5. The fraction of sp³-hybridized carbons (Fsp3) is 0.600. The lowest BCUT2D eigenvalue weighted by molar-refractivity contribution is -0.144. The molecule has 53 valence electrons. The van der Waals surface area contributed by atoms with Gasteiger partial charge in [0.2, 0.25) is 0 Å². The van der Waals surface area contributed by atoms with E-state index in [2.05, 4.69) is 11.7 Å². The number of carbonyl (C=O) groups is 1. The van der Waals surface area contributed by atoms with Crippen molar-refractivity contribution in [3.8, 4) is 0 Å². The molecule has 0 saturated heterocycles. The first-order valence-electron chi connectivity index (χ1n) is 2.53. The third-order valence-corrected chi connectivity index (χ3v) is 0.603. The zero-order valence-electron chi connectivity index (χ0n) is 5.04. The van der Waals surface area contributed by atoms with E-state index in [9.17, 15) is 4.79 Å². The standard InChI is InChI=1S/C5H10NO3/c1-4(7)3-9-5(8)2-6/h4,7H,1-3,6H2. The van der Waals surface area contributed by atoms with Crippen LogP contribution in [0.4, 0.5) is 0 Å². The molecule has 0 heterocycles. The number of aliphatic hydroxyl groups is 1. The summed E-state index contributed by atoms with van der Waals surface area (Å²) in [5, 5.41) is 8.47. The largest absolute Gasteiger partial charge is 0.462 e. The Morgan fingerprint density at radius 2 is 2.44 bits per heavy atom. The van der Waals surface area contributed by atoms with Crippen molar-refractivity contribution in [2.45, 2.75) is 6.10 Å². The molecule has 1 atom stereocenters. The van der Waals surface area contributed by atoms with Crippen molar-refractivity contribution in [2.24, 2.45) is 5.73 Å². The molecule has 0 aromatic heterocycles. The molecule has 9 heavy (non-hydrogen) atoms. The third-order valence-electron chi connectivity index (χ3n) is 0.603. The van der Waals surface area contributed by atoms with Crippen LogP contribution in [-0.4, -0.2) is 30.3 Å². The normalized spacial score (nSPS) is 12.8. The van der Waals surface area contributed by atoms with E-state index in [0.717, 1.165) is 0 Å². The van der Waals surface area contributed by atoms with E-state index in [0.29, 0.717) is 0 Å². The molecule has 3 N–H and O–H groups in total. The van der Waals surface area contributed by atoms with Gasteiger partial charge in [-0.15, -0.1) is 0 Å². The number of hydrogen-bond donors (Lipinski definition) is 2. The van der Waals surface area contributed by atoms with Crippen LogP contribution in [0.2, 0.25) is 0 Å². The van der Waals surface area contributed by atoms with Crippen molar-refractivity contribution < 1.29 is 14.6 Å². The van der Waals surface area contributed by atoms with Gasteiger partial charge in [0.05, 0.1) is 12.6 Å². The summed E-state index contributed by atoms with van der Waals surface area (Å²) in [5.74, 6) is -0.530. The predicted octanol–water partition coefficient (Wildman–Crippen LogP) is -1.32. The Labute approximate surface area is 53.6 Å². The number of ether oxygens (including phenoxy) is 1. The van der Waals surface area contributed by atoms with Gasteiger partial charge in [-0.25, -0.2) is 0 Å². The van der Waals surface area contributed by atoms with Crippen molar-refractivity contribution in [2.75, 3.05) is 13.2 Å². The van der Waals surface area contributed by atoms with Crippen LogP contribution in [0.3, 0.4) is 0 Å². The number of aliphatic hydroxyl groups excluding tert-OH is 1. The molecule has 0 bridgehead atoms. The topological polar surface area (TPSA) is 72.5 Å². The summed E-state index contributed by atoms with van der Waals surface area (Å²) in [5.41, 5.74) is 4.88. The molecular weight excluding hydrogens is 122 g/mol. The van der Waals surface area contributed by atoms with Crippen molar-refractivity contribution in [3.05, 3.63) is 6.92 Å². The minimum Gasteiger partial charge on any atom is -0.462 e. The lowest BCUT2D eigenvalue weighted by Gasteiger charge is -2.03. The van der Waals surface area contributed by atoms with Crippen LogP contribution in [-0.2, 0) is 9.53 Å². The van der Waals surface area contributed by atoms with Gasteiger partial charge < -0.3 is 15.6 Å². The molecule has 4 heteroatoms. The van der Waals surface area contributed by atoms with E-state index in [1.807, 2.05) is 0 Å². The van der Waals surface area contributed by atoms with Crippen molar-refractivity contribution in [3.63, 3.8) is 0 Å². The van der Waals surface area contributed by atoms with E-state index >= 15 is 0 Å². The number of esters is 1. The maximum absolute atomic E-state index is 10.2. The Kier molecular flexibility index (Phi) is 4.00. The summed E-state index contributed by atoms with van der Waals surface area (Å²) in [6.45, 7) is 2.93. The average Bonchev–Trinajstić information content (AvgIpc) is 1.83. The highest BCUT2D eigenvalue weighted by Gasteiger charge is 2.00. The summed E-state index contributed by atoms with van der Waals surface area (Å²) in [6, 6.07) is 0. The Morgan fingerprint density at radius 3 is 2.78 bits per heavy atom. The van der Waals surface area contributed by atoms with Gasteiger partial charge in [-0.05, 0) is 6.92 Å². The fourth-order valence-electron chi connectivity index (χ4n) is 0.248. The summed E-state index contributed by atoms with van der Waals surface area (Å²) in [6.07, 6.45) is -0.861. The minimum absolute atomic E-state index is 0.0873. The molecule has 0 fully saturated rings. The monoisotopic (exact) mass is 132 g/mol. The van der Waals surface area contributed by atoms with Crippen molar-refractivity contribution >= 4 is 5.97 Å². The van der Waals surface area contributed by atoms with Crippen LogP contribution >= 0.6 is 0 Å². The number of carbonyl (C=O) groups excluding carboxylic acids is 1. The summed E-state index contributed by atoms with van der Waals surface area (Å²) in [4.78, 5) is 10.2. The molecule has 0 aromatic rings. The Balaban J connectivity index is 3.17. The van der Waals surface area contributed by atoms with E-state index < -0.39 is 12.1 Å². The fourth-order valence-corrected chi connectivity index (χ4v) is 0.248. The first-order valence-corrected chi connectivity index (χ1v) is 2.53. The molecule has 1 radical (unpaired) electrons. The van der Waals surface area contributed by atoms with E-state index in [1.165, 1.54) is 0 Å². The quantitative estimate of drug-likeness (QED) is 0.467. The molecular formula is C5H10NO3. The van der Waals surface area contributed by atoms with Crippen molar-refractivity contribution in [1.29, 1.82) is 0 Å². The van der Waals surface area contributed by atoms with Gasteiger partial charge in [0, 0.05) is 0 Å². The van der Waals surface area contributed by atoms with Gasteiger partial charge in [0.25, 0.3) is 0 Å². The lowest BCUT2D eigenvalue weighted by Crippen LogP contribution is -2.21. The molecule has 0 aromatic carbocycles. The molecule has 4 nitrogen and oxygen atoms in total. The van der Waals surface area contributed by atoms with Gasteiger partial charge in [0.1, 0.15) is 6.61 Å². The number of nitrogens with two attached hydrogens (primary N) is 1. The summed E-state index contributed by atoms with van der Waals surface area (Å²) >= 11 is 0. The molecule has 0 saturated carbocycles. The molecule has 0 amide bonds. The number of hydrogen-bond acceptors (Lipinski definition) is 4. The highest BCUT2D eigenvalue weighted by molar-refractivity contribution is 5.71. The summed E-state index contributed by atoms with van der Waals surface area (Å²) < 4.78 is 4.38. The van der Waals surface area contributed by atoms with Gasteiger partial charge in [-0.2, -0.15) is 0 Å². The minimum atomic E-state index is -0.861. The van der Waals surface area contributed by atoms with E-state index in [4.69, 9.17) is 10.8 Å². The van der Waals surface area contributed by atoms with Crippen LogP contribution in [0.25, 0.3) is 0 Å². The first kappa shape index (κ1) is 8.39. The second kappa shape index (κ2) is 4.29. The molecule has 0 rings (SSSR count). The Hall–Kier alpha value is -0.610. The maximum Gasteiger partial charge on any atom is 0.319 e. The Bertz CT molecular complexity index is 92.2. The predicted molar refractivity (Wildman–Crippen MR) is 31.4 cm³/mol. The second-order valence-corrected chi connectivity index (χ2v) is 1.54. The molecule has 0 aliphatic carbocycles. The second-order valence-electron chi connectivity index (χ2n) is 1.54. The third kappa shape index (κ3) is 5.26. The lowest BCUT2D eigenvalue weighted by atomic mass is 10.4. The van der Waals surface area contributed by atoms with Gasteiger partial charge in [0.15, 0.2) is 0 Å². The van der Waals surface area contributed by atoms with Crippen molar-refractivity contribution in [1.82, 2.24) is 0 Å². The molecule has 0 spiro atoms. The average molecular weight is 132 g/mol. The zero-order valence-corrected chi connectivity index (χ0v) is 5.04. The van der Waals surface area contributed by atoms with Crippen LogP contribution < -0.4 is 5.73 Å². The highest BCUT2D eigenvalue weighted by Crippen LogP contribution is 1.81. The SMILES string of the molecule is [CH2]C(O)COC(=O)CN. The van der Waals surface area contributed by atoms with E-state index in [-0.39, 0.29) is 13.2 Å². The van der Waals surface area contributed by atoms with E-state index in [1.54, 1.807) is 0 Å². The van der Waals surface area contributed by atoms with Gasteiger partial charge in [-0.1, -0.05) is 0 Å². The smallest absolute Gasteiger partial charge is 0.319 e. The van der Waals surface area contributed by atoms with Crippen LogP contribution in [0.1, 0.15) is 0 Å². The first-order chi connectivity index (χ1) is 4.16. The van der Waals surface area contributed by atoms with Gasteiger partial charge >= 0.3 is 5.97 Å². The van der Waals surface area contributed by atoms with Crippen LogP contribution in [0, 0.1) is 6.92 Å². The molecule has 1 unspecified atom stereocenters. The molecule has 0 aliphatic rings. The maximum atomic E-state index is 10.2. The zero-order chi connectivity index (χ0) is 7.28.